The predicted molar refractivity (Wildman–Crippen MR) is 82.4 cm³/mol. The third-order valence-electron chi connectivity index (χ3n) is 5.01. The maximum atomic E-state index is 10.6. The van der Waals surface area contributed by atoms with Gasteiger partial charge in [-0.2, -0.15) is 0 Å². The second kappa shape index (κ2) is 5.53. The Bertz CT molecular complexity index is 595. The van der Waals surface area contributed by atoms with Gasteiger partial charge in [0, 0.05) is 5.39 Å². The molecule has 0 spiro atoms. The van der Waals surface area contributed by atoms with E-state index in [4.69, 9.17) is 0 Å². The van der Waals surface area contributed by atoms with Gasteiger partial charge in [-0.15, -0.1) is 0 Å². The molecule has 20 heavy (non-hydrogen) atoms. The number of pyridine rings is 1. The van der Waals surface area contributed by atoms with E-state index in [0.717, 1.165) is 35.4 Å². The van der Waals surface area contributed by atoms with Crippen molar-refractivity contribution in [1.82, 2.24) is 4.98 Å². The Kier molecular flexibility index (Phi) is 3.75. The number of aliphatic hydroxyl groups is 1. The van der Waals surface area contributed by atoms with Gasteiger partial charge in [-0.1, -0.05) is 44.5 Å². The first-order valence-electron chi connectivity index (χ1n) is 7.69. The number of aliphatic hydroxyl groups excluding tert-OH is 1. The Hall–Kier alpha value is -1.41. The van der Waals surface area contributed by atoms with E-state index in [0.29, 0.717) is 11.8 Å². The second-order valence-corrected chi connectivity index (χ2v) is 6.40. The van der Waals surface area contributed by atoms with Gasteiger partial charge in [-0.25, -0.2) is 0 Å². The molecule has 1 aromatic carbocycles. The molecule has 3 rings (SSSR count). The van der Waals surface area contributed by atoms with Crippen LogP contribution in [0, 0.1) is 17.8 Å². The molecule has 1 heterocycles. The molecule has 1 N–H and O–H groups in total. The number of hydrogen-bond donors (Lipinski definition) is 1. The van der Waals surface area contributed by atoms with Crippen LogP contribution in [-0.4, -0.2) is 10.1 Å². The van der Waals surface area contributed by atoms with Crippen LogP contribution in [0.3, 0.4) is 0 Å². The summed E-state index contributed by atoms with van der Waals surface area (Å²) in [6.07, 6.45) is 3.02. The molecule has 0 radical (unpaired) electrons. The zero-order valence-corrected chi connectivity index (χ0v) is 12.3. The first-order chi connectivity index (χ1) is 9.65. The number of aromatic nitrogens is 1. The fraction of sp³-hybridized carbons (Fsp3) is 0.500. The molecule has 4 atom stereocenters. The molecular formula is C18H23NO. The molecule has 1 fully saturated rings. The minimum Gasteiger partial charge on any atom is -0.387 e. The molecule has 1 aliphatic carbocycles. The first-order valence-corrected chi connectivity index (χ1v) is 7.69. The van der Waals surface area contributed by atoms with Crippen molar-refractivity contribution in [2.75, 3.05) is 0 Å². The van der Waals surface area contributed by atoms with Crippen LogP contribution in [0.5, 0.6) is 0 Å². The van der Waals surface area contributed by atoms with E-state index in [1.165, 1.54) is 6.42 Å². The van der Waals surface area contributed by atoms with Gasteiger partial charge >= 0.3 is 0 Å². The third kappa shape index (κ3) is 2.57. The highest BCUT2D eigenvalue weighted by atomic mass is 16.3. The minimum atomic E-state index is -0.422. The Morgan fingerprint density at radius 1 is 1.05 bits per heavy atom. The van der Waals surface area contributed by atoms with Gasteiger partial charge in [0.25, 0.3) is 0 Å². The van der Waals surface area contributed by atoms with Crippen molar-refractivity contribution < 1.29 is 5.11 Å². The molecule has 4 unspecified atom stereocenters. The monoisotopic (exact) mass is 269 g/mol. The van der Waals surface area contributed by atoms with Crippen LogP contribution in [0.2, 0.25) is 0 Å². The molecule has 2 nitrogen and oxygen atoms in total. The number of hydrogen-bond acceptors (Lipinski definition) is 2. The maximum absolute atomic E-state index is 10.6. The fourth-order valence-corrected chi connectivity index (χ4v) is 3.36. The quantitative estimate of drug-likeness (QED) is 0.879. The van der Waals surface area contributed by atoms with Crippen molar-refractivity contribution in [3.8, 4) is 0 Å². The summed E-state index contributed by atoms with van der Waals surface area (Å²) in [4.78, 5) is 4.64. The van der Waals surface area contributed by atoms with Crippen LogP contribution in [0.1, 0.15) is 44.9 Å². The van der Waals surface area contributed by atoms with Crippen LogP contribution in [0.4, 0.5) is 0 Å². The van der Waals surface area contributed by atoms with Crippen LogP contribution in [0.25, 0.3) is 10.9 Å². The van der Waals surface area contributed by atoms with Crippen molar-refractivity contribution in [3.05, 3.63) is 42.1 Å². The Labute approximate surface area is 120 Å². The molecule has 0 bridgehead atoms. The highest BCUT2D eigenvalue weighted by molar-refractivity contribution is 5.78. The van der Waals surface area contributed by atoms with E-state index in [1.807, 2.05) is 24.3 Å². The Morgan fingerprint density at radius 2 is 1.85 bits per heavy atom. The van der Waals surface area contributed by atoms with E-state index >= 15 is 0 Å². The van der Waals surface area contributed by atoms with Crippen LogP contribution in [-0.2, 0) is 0 Å². The normalized spacial score (nSPS) is 28.4. The average Bonchev–Trinajstić information content (AvgIpc) is 2.49. The van der Waals surface area contributed by atoms with Crippen LogP contribution < -0.4 is 0 Å². The number of nitrogens with zero attached hydrogens (tertiary/aromatic N) is 1. The van der Waals surface area contributed by atoms with Gasteiger partial charge in [0.05, 0.1) is 17.3 Å². The highest BCUT2D eigenvalue weighted by Gasteiger charge is 2.30. The predicted octanol–water partition coefficient (Wildman–Crippen LogP) is 4.34. The zero-order chi connectivity index (χ0) is 14.1. The minimum absolute atomic E-state index is 0.356. The van der Waals surface area contributed by atoms with Crippen molar-refractivity contribution in [2.45, 2.75) is 39.2 Å². The summed E-state index contributed by atoms with van der Waals surface area (Å²) in [6.45, 7) is 4.62. The molecular weight excluding hydrogens is 246 g/mol. The summed E-state index contributed by atoms with van der Waals surface area (Å²) < 4.78 is 0. The van der Waals surface area contributed by atoms with E-state index < -0.39 is 6.10 Å². The standard InChI is InChI=1S/C18H23NO/c1-12-7-8-15(11-13(12)2)18(20)17-10-9-14-5-3-4-6-16(14)19-17/h3-6,9-10,12-13,15,18,20H,7-8,11H2,1-2H3. The van der Waals surface area contributed by atoms with Crippen molar-refractivity contribution in [3.63, 3.8) is 0 Å². The van der Waals surface area contributed by atoms with E-state index in [9.17, 15) is 5.11 Å². The smallest absolute Gasteiger partial charge is 0.0988 e. The van der Waals surface area contributed by atoms with E-state index in [2.05, 4.69) is 31.0 Å². The molecule has 0 aliphatic heterocycles. The number of rotatable bonds is 2. The molecule has 2 heteroatoms. The molecule has 1 aliphatic rings. The second-order valence-electron chi connectivity index (χ2n) is 6.40. The SMILES string of the molecule is CC1CCC(C(O)c2ccc3ccccc3n2)CC1C. The molecule has 2 aromatic rings. The Morgan fingerprint density at radius 3 is 2.65 bits per heavy atom. The summed E-state index contributed by atoms with van der Waals surface area (Å²) in [7, 11) is 0. The lowest BCUT2D eigenvalue weighted by Gasteiger charge is -2.34. The number of benzene rings is 1. The van der Waals surface area contributed by atoms with Gasteiger partial charge in [-0.05, 0) is 42.7 Å². The maximum Gasteiger partial charge on any atom is 0.0988 e. The van der Waals surface area contributed by atoms with Crippen molar-refractivity contribution in [1.29, 1.82) is 0 Å². The topological polar surface area (TPSA) is 33.1 Å². The van der Waals surface area contributed by atoms with Gasteiger partial charge in [0.2, 0.25) is 0 Å². The molecule has 0 saturated heterocycles. The average molecular weight is 269 g/mol. The molecule has 106 valence electrons. The van der Waals surface area contributed by atoms with E-state index in [-0.39, 0.29) is 0 Å². The van der Waals surface area contributed by atoms with E-state index in [1.54, 1.807) is 0 Å². The Balaban J connectivity index is 1.83. The summed E-state index contributed by atoms with van der Waals surface area (Å²) >= 11 is 0. The van der Waals surface area contributed by atoms with Crippen LogP contribution in [0.15, 0.2) is 36.4 Å². The molecule has 1 aromatic heterocycles. The lowest BCUT2D eigenvalue weighted by molar-refractivity contribution is 0.0534. The summed E-state index contributed by atoms with van der Waals surface area (Å²) in [5.74, 6) is 1.83. The number of fused-ring (bicyclic) bond motifs is 1. The first kappa shape index (κ1) is 13.6. The highest BCUT2D eigenvalue weighted by Crippen LogP contribution is 2.39. The summed E-state index contributed by atoms with van der Waals surface area (Å²) in [5.41, 5.74) is 1.80. The molecule has 0 amide bonds. The fourth-order valence-electron chi connectivity index (χ4n) is 3.36. The summed E-state index contributed by atoms with van der Waals surface area (Å²) in [5, 5.41) is 11.8. The van der Waals surface area contributed by atoms with Crippen molar-refractivity contribution >= 4 is 10.9 Å². The van der Waals surface area contributed by atoms with Gasteiger partial charge < -0.3 is 5.11 Å². The number of para-hydroxylation sites is 1. The third-order valence-corrected chi connectivity index (χ3v) is 5.01. The summed E-state index contributed by atoms with van der Waals surface area (Å²) in [6, 6.07) is 12.1. The van der Waals surface area contributed by atoms with Crippen LogP contribution >= 0.6 is 0 Å². The lowest BCUT2D eigenvalue weighted by Crippen LogP contribution is -2.25. The van der Waals surface area contributed by atoms with Gasteiger partial charge in [0.15, 0.2) is 0 Å². The van der Waals surface area contributed by atoms with Gasteiger partial charge in [0.1, 0.15) is 0 Å². The lowest BCUT2D eigenvalue weighted by atomic mass is 9.73. The largest absolute Gasteiger partial charge is 0.387 e. The zero-order valence-electron chi connectivity index (χ0n) is 12.3. The van der Waals surface area contributed by atoms with Crippen molar-refractivity contribution in [2.24, 2.45) is 17.8 Å². The molecule has 1 saturated carbocycles. The van der Waals surface area contributed by atoms with Gasteiger partial charge in [-0.3, -0.25) is 4.98 Å².